The first-order valence-electron chi connectivity index (χ1n) is 8.98. The van der Waals surface area contributed by atoms with E-state index >= 15 is 0 Å². The van der Waals surface area contributed by atoms with Gasteiger partial charge in [-0.3, -0.25) is 9.69 Å². The fourth-order valence-corrected chi connectivity index (χ4v) is 3.54. The Bertz CT molecular complexity index is 755. The molecule has 2 aromatic rings. The number of anilines is 3. The number of thiol groups is 2. The van der Waals surface area contributed by atoms with Gasteiger partial charge in [0.25, 0.3) is 5.91 Å². The van der Waals surface area contributed by atoms with Gasteiger partial charge in [0.1, 0.15) is 0 Å². The van der Waals surface area contributed by atoms with Crippen molar-refractivity contribution in [1.82, 2.24) is 4.90 Å². The molecule has 0 bridgehead atoms. The standard InChI is InChI=1S/C20H26N4OS2/c1-22(2)17-7-3-15(4-8-17)19(25)21-16-5-9-18(10-6-16)23-11-13-24(14-12-23)20(26)27/h3-10,20,26-27H,11-14H2,1-2H3,(H,21,25). The largest absolute Gasteiger partial charge is 0.378 e. The minimum absolute atomic E-state index is 0.00321. The maximum absolute atomic E-state index is 12.4. The molecule has 0 atom stereocenters. The summed E-state index contributed by atoms with van der Waals surface area (Å²) in [6, 6.07) is 15.6. The summed E-state index contributed by atoms with van der Waals surface area (Å²) < 4.78 is -0.00321. The van der Waals surface area contributed by atoms with E-state index in [-0.39, 0.29) is 10.6 Å². The van der Waals surface area contributed by atoms with Crippen molar-refractivity contribution in [2.24, 2.45) is 0 Å². The van der Waals surface area contributed by atoms with Crippen molar-refractivity contribution >= 4 is 48.2 Å². The van der Waals surface area contributed by atoms with Gasteiger partial charge in [-0.15, -0.1) is 25.3 Å². The van der Waals surface area contributed by atoms with E-state index < -0.39 is 0 Å². The van der Waals surface area contributed by atoms with Gasteiger partial charge in [-0.05, 0) is 48.5 Å². The number of hydrogen-bond acceptors (Lipinski definition) is 6. The second kappa shape index (κ2) is 8.91. The Morgan fingerprint density at radius 3 is 2.07 bits per heavy atom. The van der Waals surface area contributed by atoms with Crippen LogP contribution in [0, 0.1) is 0 Å². The van der Waals surface area contributed by atoms with Crippen LogP contribution in [0.3, 0.4) is 0 Å². The minimum Gasteiger partial charge on any atom is -0.378 e. The van der Waals surface area contributed by atoms with Crippen molar-refractivity contribution in [3.8, 4) is 0 Å². The first kappa shape index (κ1) is 19.9. The highest BCUT2D eigenvalue weighted by atomic mass is 32.2. The van der Waals surface area contributed by atoms with Gasteiger partial charge in [0.05, 0.1) is 4.71 Å². The molecule has 2 aromatic carbocycles. The molecule has 0 aliphatic carbocycles. The zero-order valence-electron chi connectivity index (χ0n) is 15.7. The Morgan fingerprint density at radius 1 is 0.963 bits per heavy atom. The first-order valence-corrected chi connectivity index (χ1v) is 10.0. The average molecular weight is 403 g/mol. The molecule has 7 heteroatoms. The summed E-state index contributed by atoms with van der Waals surface area (Å²) >= 11 is 8.76. The summed E-state index contributed by atoms with van der Waals surface area (Å²) in [5.41, 5.74) is 3.68. The molecule has 27 heavy (non-hydrogen) atoms. The second-order valence-corrected chi connectivity index (χ2v) is 8.20. The van der Waals surface area contributed by atoms with E-state index in [1.54, 1.807) is 0 Å². The normalized spacial score (nSPS) is 15.1. The lowest BCUT2D eigenvalue weighted by Crippen LogP contribution is -2.47. The van der Waals surface area contributed by atoms with Crippen molar-refractivity contribution < 1.29 is 4.79 Å². The SMILES string of the molecule is CN(C)c1ccc(C(=O)Nc2ccc(N3CCN(C(S)S)CC3)cc2)cc1. The van der Waals surface area contributed by atoms with E-state index in [2.05, 4.69) is 52.5 Å². The Hall–Kier alpha value is -1.83. The summed E-state index contributed by atoms with van der Waals surface area (Å²) in [6.45, 7) is 3.78. The molecule has 1 N–H and O–H groups in total. The topological polar surface area (TPSA) is 38.8 Å². The van der Waals surface area contributed by atoms with Crippen molar-refractivity contribution in [3.05, 3.63) is 54.1 Å². The number of carbonyl (C=O) groups is 1. The zero-order valence-corrected chi connectivity index (χ0v) is 17.5. The van der Waals surface area contributed by atoms with E-state index in [4.69, 9.17) is 0 Å². The fraction of sp³-hybridized carbons (Fsp3) is 0.350. The molecule has 1 heterocycles. The van der Waals surface area contributed by atoms with Gasteiger partial charge in [-0.2, -0.15) is 0 Å². The van der Waals surface area contributed by atoms with Gasteiger partial charge >= 0.3 is 0 Å². The third kappa shape index (κ3) is 5.12. The lowest BCUT2D eigenvalue weighted by atomic mass is 10.1. The molecule has 0 saturated carbocycles. The highest BCUT2D eigenvalue weighted by Crippen LogP contribution is 2.22. The zero-order chi connectivity index (χ0) is 19.4. The van der Waals surface area contributed by atoms with Crippen LogP contribution in [0.5, 0.6) is 0 Å². The summed E-state index contributed by atoms with van der Waals surface area (Å²) in [4.78, 5) is 19.0. The third-order valence-corrected chi connectivity index (χ3v) is 5.43. The van der Waals surface area contributed by atoms with Crippen molar-refractivity contribution in [3.63, 3.8) is 0 Å². The molecule has 0 aromatic heterocycles. The number of amides is 1. The molecule has 0 spiro atoms. The van der Waals surface area contributed by atoms with E-state index in [9.17, 15) is 4.79 Å². The van der Waals surface area contributed by atoms with E-state index in [1.807, 2.05) is 55.4 Å². The van der Waals surface area contributed by atoms with Crippen LogP contribution in [0.1, 0.15) is 10.4 Å². The number of carbonyl (C=O) groups excluding carboxylic acids is 1. The average Bonchev–Trinajstić information content (AvgIpc) is 2.68. The summed E-state index contributed by atoms with van der Waals surface area (Å²) in [5, 5.41) is 2.96. The molecular weight excluding hydrogens is 376 g/mol. The van der Waals surface area contributed by atoms with Crippen molar-refractivity contribution in [1.29, 1.82) is 0 Å². The molecule has 1 aliphatic heterocycles. The van der Waals surface area contributed by atoms with E-state index in [0.29, 0.717) is 5.56 Å². The van der Waals surface area contributed by atoms with E-state index in [1.165, 1.54) is 0 Å². The molecule has 5 nitrogen and oxygen atoms in total. The predicted molar refractivity (Wildman–Crippen MR) is 121 cm³/mol. The Kier molecular flexibility index (Phi) is 6.57. The summed E-state index contributed by atoms with van der Waals surface area (Å²) in [7, 11) is 3.96. The van der Waals surface area contributed by atoms with Gasteiger partial charge < -0.3 is 15.1 Å². The lowest BCUT2D eigenvalue weighted by Gasteiger charge is -2.37. The number of hydrogen-bond donors (Lipinski definition) is 3. The van der Waals surface area contributed by atoms with Crippen LogP contribution in [0.15, 0.2) is 48.5 Å². The Morgan fingerprint density at radius 2 is 1.56 bits per heavy atom. The van der Waals surface area contributed by atoms with Gasteiger partial charge in [0, 0.05) is 62.9 Å². The number of rotatable bonds is 5. The predicted octanol–water partition coefficient (Wildman–Crippen LogP) is 3.27. The van der Waals surface area contributed by atoms with Crippen LogP contribution in [-0.2, 0) is 0 Å². The van der Waals surface area contributed by atoms with Gasteiger partial charge in [-0.25, -0.2) is 0 Å². The molecule has 3 rings (SSSR count). The fourth-order valence-electron chi connectivity index (χ4n) is 3.08. The molecule has 1 amide bonds. The first-order chi connectivity index (χ1) is 12.9. The van der Waals surface area contributed by atoms with Gasteiger partial charge in [0.15, 0.2) is 0 Å². The van der Waals surface area contributed by atoms with Crippen LogP contribution < -0.4 is 15.1 Å². The number of piperazine rings is 1. The van der Waals surface area contributed by atoms with Crippen LogP contribution in [0.4, 0.5) is 17.1 Å². The van der Waals surface area contributed by atoms with Gasteiger partial charge in [-0.1, -0.05) is 0 Å². The molecule has 1 aliphatic rings. The van der Waals surface area contributed by atoms with Crippen LogP contribution in [0.25, 0.3) is 0 Å². The quantitative estimate of drug-likeness (QED) is 0.530. The van der Waals surface area contributed by atoms with Crippen LogP contribution >= 0.6 is 25.3 Å². The Labute approximate surface area is 172 Å². The maximum Gasteiger partial charge on any atom is 0.255 e. The maximum atomic E-state index is 12.4. The molecule has 0 unspecified atom stereocenters. The number of nitrogens with one attached hydrogen (secondary N) is 1. The second-order valence-electron chi connectivity index (χ2n) is 6.81. The molecule has 144 valence electrons. The monoisotopic (exact) mass is 402 g/mol. The molecule has 1 saturated heterocycles. The highest BCUT2D eigenvalue weighted by molar-refractivity contribution is 7.99. The summed E-state index contributed by atoms with van der Waals surface area (Å²) in [5.74, 6) is -0.102. The number of benzene rings is 2. The Balaban J connectivity index is 1.58. The third-order valence-electron chi connectivity index (χ3n) is 4.78. The molecule has 0 radical (unpaired) electrons. The van der Waals surface area contributed by atoms with Crippen LogP contribution in [0.2, 0.25) is 0 Å². The highest BCUT2D eigenvalue weighted by Gasteiger charge is 2.19. The molecular formula is C20H26N4OS2. The van der Waals surface area contributed by atoms with Crippen LogP contribution in [-0.4, -0.2) is 55.8 Å². The lowest BCUT2D eigenvalue weighted by molar-refractivity contribution is 0.102. The van der Waals surface area contributed by atoms with Crippen molar-refractivity contribution in [2.75, 3.05) is 55.4 Å². The minimum atomic E-state index is -0.102. The number of nitrogens with zero attached hydrogens (tertiary/aromatic N) is 3. The smallest absolute Gasteiger partial charge is 0.255 e. The summed E-state index contributed by atoms with van der Waals surface area (Å²) in [6.07, 6.45) is 0. The van der Waals surface area contributed by atoms with E-state index in [0.717, 1.165) is 43.2 Å². The molecule has 1 fully saturated rings. The van der Waals surface area contributed by atoms with Crippen molar-refractivity contribution in [2.45, 2.75) is 4.71 Å². The van der Waals surface area contributed by atoms with Gasteiger partial charge in [0.2, 0.25) is 0 Å².